The van der Waals surface area contributed by atoms with E-state index in [1.165, 1.54) is 18.5 Å². The first-order valence-electron chi connectivity index (χ1n) is 5.43. The molecule has 3 nitrogen and oxygen atoms in total. The van der Waals surface area contributed by atoms with Crippen molar-refractivity contribution in [2.24, 2.45) is 0 Å². The van der Waals surface area contributed by atoms with Crippen LogP contribution in [0.2, 0.25) is 0 Å². The van der Waals surface area contributed by atoms with Crippen LogP contribution in [-0.2, 0) is 6.42 Å². The Balaban J connectivity index is 2.70. The Bertz CT molecular complexity index is 685. The van der Waals surface area contributed by atoms with Crippen LogP contribution < -0.4 is 0 Å². The van der Waals surface area contributed by atoms with Gasteiger partial charge in [0, 0.05) is 11.1 Å². The van der Waals surface area contributed by atoms with Gasteiger partial charge in [-0.15, -0.1) is 0 Å². The van der Waals surface area contributed by atoms with E-state index in [0.717, 1.165) is 5.56 Å². The number of nitrogens with one attached hydrogen (secondary N) is 1. The lowest BCUT2D eigenvalue weighted by Gasteiger charge is -2.08. The lowest BCUT2D eigenvalue weighted by Crippen LogP contribution is -1.96. The summed E-state index contributed by atoms with van der Waals surface area (Å²) in [5.41, 5.74) is 2.45. The van der Waals surface area contributed by atoms with Gasteiger partial charge in [-0.2, -0.15) is 5.26 Å². The molecule has 90 valence electrons. The highest BCUT2D eigenvalue weighted by Crippen LogP contribution is 2.24. The van der Waals surface area contributed by atoms with E-state index >= 15 is 0 Å². The van der Waals surface area contributed by atoms with Crippen LogP contribution in [0.5, 0.6) is 0 Å². The van der Waals surface area contributed by atoms with Gasteiger partial charge >= 0.3 is 0 Å². The Hall–Kier alpha value is -2.06. The lowest BCUT2D eigenvalue weighted by atomic mass is 10.0. The van der Waals surface area contributed by atoms with Crippen LogP contribution in [0.25, 0.3) is 11.3 Å². The number of halogens is 1. The van der Waals surface area contributed by atoms with E-state index in [9.17, 15) is 4.39 Å². The highest BCUT2D eigenvalue weighted by molar-refractivity contribution is 7.71. The number of nitrogens with zero attached hydrogens (tertiary/aromatic N) is 2. The topological polar surface area (TPSA) is 52.5 Å². The van der Waals surface area contributed by atoms with Crippen LogP contribution in [0, 0.1) is 21.8 Å². The number of benzene rings is 1. The smallest absolute Gasteiger partial charge is 0.133 e. The minimum Gasteiger partial charge on any atom is -0.346 e. The van der Waals surface area contributed by atoms with Crippen LogP contribution in [0.3, 0.4) is 0 Å². The molecule has 2 rings (SSSR count). The molecular weight excluding hydrogens is 249 g/mol. The van der Waals surface area contributed by atoms with Crippen LogP contribution in [0.15, 0.2) is 24.5 Å². The second kappa shape index (κ2) is 5.07. The number of aromatic amines is 1. The Kier molecular flexibility index (Phi) is 3.49. The maximum atomic E-state index is 13.4. The van der Waals surface area contributed by atoms with Gasteiger partial charge < -0.3 is 4.98 Å². The van der Waals surface area contributed by atoms with Gasteiger partial charge in [0.1, 0.15) is 10.5 Å². The Morgan fingerprint density at radius 3 is 2.89 bits per heavy atom. The van der Waals surface area contributed by atoms with Gasteiger partial charge in [-0.3, -0.25) is 0 Å². The monoisotopic (exact) mass is 259 g/mol. The molecule has 0 aliphatic heterocycles. The van der Waals surface area contributed by atoms with Crippen molar-refractivity contribution in [1.29, 1.82) is 5.26 Å². The summed E-state index contributed by atoms with van der Waals surface area (Å²) in [5.74, 6) is -0.442. The van der Waals surface area contributed by atoms with E-state index in [0.29, 0.717) is 22.3 Å². The fraction of sp³-hybridized carbons (Fsp3) is 0.154. The molecule has 18 heavy (non-hydrogen) atoms. The number of hydrogen-bond donors (Lipinski definition) is 1. The first-order valence-corrected chi connectivity index (χ1v) is 5.84. The predicted octanol–water partition coefficient (Wildman–Crippen LogP) is 3.38. The van der Waals surface area contributed by atoms with E-state index in [1.807, 2.05) is 13.0 Å². The van der Waals surface area contributed by atoms with Gasteiger partial charge in [0.2, 0.25) is 0 Å². The molecule has 1 aromatic carbocycles. The molecule has 1 heterocycles. The molecule has 5 heteroatoms. The molecule has 0 saturated carbocycles. The van der Waals surface area contributed by atoms with Gasteiger partial charge in [-0.25, -0.2) is 9.37 Å². The molecule has 1 aromatic heterocycles. The van der Waals surface area contributed by atoms with Gasteiger partial charge in [-0.05, 0) is 24.6 Å². The number of nitriles is 1. The summed E-state index contributed by atoms with van der Waals surface area (Å²) in [7, 11) is 0. The Morgan fingerprint density at radius 2 is 2.22 bits per heavy atom. The van der Waals surface area contributed by atoms with E-state index in [4.69, 9.17) is 17.5 Å². The molecule has 2 aromatic rings. The fourth-order valence-electron chi connectivity index (χ4n) is 1.81. The minimum atomic E-state index is -0.442. The maximum Gasteiger partial charge on any atom is 0.133 e. The van der Waals surface area contributed by atoms with E-state index in [2.05, 4.69) is 9.97 Å². The average molecular weight is 259 g/mol. The number of aromatic nitrogens is 2. The summed E-state index contributed by atoms with van der Waals surface area (Å²) in [6, 6.07) is 6.14. The third-order valence-corrected chi connectivity index (χ3v) is 2.97. The molecule has 0 amide bonds. The van der Waals surface area contributed by atoms with Crippen molar-refractivity contribution in [2.45, 2.75) is 13.3 Å². The maximum absolute atomic E-state index is 13.4. The van der Waals surface area contributed by atoms with Crippen LogP contribution in [0.1, 0.15) is 18.1 Å². The second-order valence-corrected chi connectivity index (χ2v) is 4.14. The number of rotatable bonds is 2. The molecular formula is C13H10FN3S. The molecule has 0 saturated heterocycles. The molecule has 0 unspecified atom stereocenters. The second-order valence-electron chi connectivity index (χ2n) is 3.76. The standard InChI is InChI=1S/C13H10FN3S/c1-2-11-12(16-7-17-13(11)18)9-3-8(6-15)4-10(14)5-9/h3-5,7H,2H2,1H3,(H,16,17,18). The molecule has 1 N–H and O–H groups in total. The molecule has 0 radical (unpaired) electrons. The lowest BCUT2D eigenvalue weighted by molar-refractivity contribution is 0.627. The fourth-order valence-corrected chi connectivity index (χ4v) is 2.11. The third-order valence-electron chi connectivity index (χ3n) is 2.62. The van der Waals surface area contributed by atoms with Gasteiger partial charge in [0.15, 0.2) is 0 Å². The molecule has 0 spiro atoms. The first kappa shape index (κ1) is 12.4. The molecule has 0 aliphatic rings. The average Bonchev–Trinajstić information content (AvgIpc) is 2.37. The molecule has 0 bridgehead atoms. The minimum absolute atomic E-state index is 0.281. The van der Waals surface area contributed by atoms with Crippen molar-refractivity contribution in [3.8, 4) is 17.3 Å². The third kappa shape index (κ3) is 2.29. The van der Waals surface area contributed by atoms with Crippen LogP contribution in [-0.4, -0.2) is 9.97 Å². The van der Waals surface area contributed by atoms with Crippen molar-refractivity contribution >= 4 is 12.2 Å². The summed E-state index contributed by atoms with van der Waals surface area (Å²) in [6.07, 6.45) is 2.17. The van der Waals surface area contributed by atoms with E-state index in [-0.39, 0.29) is 5.56 Å². The zero-order chi connectivity index (χ0) is 13.1. The van der Waals surface area contributed by atoms with Crippen LogP contribution >= 0.6 is 12.2 Å². The Labute approximate surface area is 109 Å². The van der Waals surface area contributed by atoms with Crippen LogP contribution in [0.4, 0.5) is 4.39 Å². The van der Waals surface area contributed by atoms with Crippen molar-refractivity contribution in [3.63, 3.8) is 0 Å². The number of H-pyrrole nitrogens is 1. The summed E-state index contributed by atoms with van der Waals surface area (Å²) < 4.78 is 13.9. The zero-order valence-electron chi connectivity index (χ0n) is 9.70. The van der Waals surface area contributed by atoms with Crippen molar-refractivity contribution in [2.75, 3.05) is 0 Å². The van der Waals surface area contributed by atoms with Gasteiger partial charge in [0.25, 0.3) is 0 Å². The van der Waals surface area contributed by atoms with Gasteiger partial charge in [-0.1, -0.05) is 19.1 Å². The molecule has 0 aliphatic carbocycles. The first-order chi connectivity index (χ1) is 8.65. The largest absolute Gasteiger partial charge is 0.346 e. The van der Waals surface area contributed by atoms with Crippen molar-refractivity contribution in [3.05, 3.63) is 46.1 Å². The summed E-state index contributed by atoms with van der Waals surface area (Å²) in [5, 5.41) is 8.85. The van der Waals surface area contributed by atoms with E-state index < -0.39 is 5.82 Å². The highest BCUT2D eigenvalue weighted by atomic mass is 32.1. The van der Waals surface area contributed by atoms with Crippen molar-refractivity contribution in [1.82, 2.24) is 9.97 Å². The molecule has 0 fully saturated rings. The van der Waals surface area contributed by atoms with E-state index in [1.54, 1.807) is 6.07 Å². The molecule has 0 atom stereocenters. The highest BCUT2D eigenvalue weighted by Gasteiger charge is 2.09. The summed E-state index contributed by atoms with van der Waals surface area (Å²) in [4.78, 5) is 6.97. The van der Waals surface area contributed by atoms with Crippen molar-refractivity contribution < 1.29 is 4.39 Å². The number of hydrogen-bond acceptors (Lipinski definition) is 3. The summed E-state index contributed by atoms with van der Waals surface area (Å²) in [6.45, 7) is 1.95. The SMILES string of the molecule is CCc1c(-c2cc(F)cc(C#N)c2)[nH]cnc1=S. The predicted molar refractivity (Wildman–Crippen MR) is 68.9 cm³/mol. The quantitative estimate of drug-likeness (QED) is 0.841. The normalized spacial score (nSPS) is 10.1. The summed E-state index contributed by atoms with van der Waals surface area (Å²) >= 11 is 5.14. The Morgan fingerprint density at radius 1 is 1.44 bits per heavy atom. The van der Waals surface area contributed by atoms with Gasteiger partial charge in [0.05, 0.1) is 23.7 Å². The zero-order valence-corrected chi connectivity index (χ0v) is 10.5.